The normalized spacial score (nSPS) is 10.8. The van der Waals surface area contributed by atoms with Crippen LogP contribution in [0.5, 0.6) is 0 Å². The number of amides is 1. The number of carbonyl (C=O) groups is 1. The van der Waals surface area contributed by atoms with E-state index in [-0.39, 0.29) is 29.2 Å². The van der Waals surface area contributed by atoms with Crippen molar-refractivity contribution in [2.24, 2.45) is 0 Å². The molecule has 0 aliphatic rings. The van der Waals surface area contributed by atoms with Crippen LogP contribution < -0.4 is 5.32 Å². The third-order valence-corrected chi connectivity index (χ3v) is 3.87. The number of aryl methyl sites for hydroxylation is 1. The van der Waals surface area contributed by atoms with Gasteiger partial charge < -0.3 is 9.73 Å². The van der Waals surface area contributed by atoms with E-state index in [0.29, 0.717) is 5.58 Å². The Bertz CT molecular complexity index is 1030. The van der Waals surface area contributed by atoms with Crippen LogP contribution in [0.4, 0.5) is 15.8 Å². The minimum atomic E-state index is -0.746. The van der Waals surface area contributed by atoms with E-state index in [1.807, 2.05) is 18.2 Å². The lowest BCUT2D eigenvalue weighted by Crippen LogP contribution is -2.15. The summed E-state index contributed by atoms with van der Waals surface area (Å²) in [5.74, 6) is -1.24. The Labute approximate surface area is 145 Å². The van der Waals surface area contributed by atoms with Crippen LogP contribution in [-0.2, 0) is 11.3 Å². The summed E-state index contributed by atoms with van der Waals surface area (Å²) in [5.41, 5.74) is 0.819. The van der Waals surface area contributed by atoms with Gasteiger partial charge in [-0.1, -0.05) is 12.1 Å². The van der Waals surface area contributed by atoms with Gasteiger partial charge in [0.1, 0.15) is 5.82 Å². The summed E-state index contributed by atoms with van der Waals surface area (Å²) >= 11 is 5.13. The number of anilines is 1. The molecule has 0 saturated heterocycles. The molecule has 0 saturated carbocycles. The standard InChI is InChI=1S/C16H12FN3O4S/c17-11-6-5-10(20(22)23)9-12(11)18-15(21)7-8-19-13-3-1-2-4-14(13)24-16(19)25/h1-6,9H,7-8H2,(H,18,21). The van der Waals surface area contributed by atoms with Gasteiger partial charge in [-0.25, -0.2) is 4.39 Å². The van der Waals surface area contributed by atoms with Crippen LogP contribution in [0.2, 0.25) is 0 Å². The Morgan fingerprint density at radius 1 is 1.32 bits per heavy atom. The van der Waals surface area contributed by atoms with Crippen molar-refractivity contribution >= 4 is 40.6 Å². The molecule has 7 nitrogen and oxygen atoms in total. The highest BCUT2D eigenvalue weighted by atomic mass is 32.1. The first-order valence-electron chi connectivity index (χ1n) is 7.28. The zero-order valence-corrected chi connectivity index (χ0v) is 13.6. The fraction of sp³-hybridized carbons (Fsp3) is 0.125. The molecule has 1 aromatic heterocycles. The third kappa shape index (κ3) is 3.56. The Hall–Kier alpha value is -3.07. The minimum Gasteiger partial charge on any atom is -0.429 e. The number of carbonyl (C=O) groups excluding carboxylic acids is 1. The lowest BCUT2D eigenvalue weighted by atomic mass is 10.2. The number of fused-ring (bicyclic) bond motifs is 1. The van der Waals surface area contributed by atoms with Crippen LogP contribution in [0.15, 0.2) is 46.9 Å². The van der Waals surface area contributed by atoms with E-state index < -0.39 is 16.6 Å². The Morgan fingerprint density at radius 2 is 2.08 bits per heavy atom. The third-order valence-electron chi connectivity index (χ3n) is 3.57. The largest absolute Gasteiger partial charge is 0.429 e. The number of nitrogens with zero attached hydrogens (tertiary/aromatic N) is 2. The maximum Gasteiger partial charge on any atom is 0.271 e. The van der Waals surface area contributed by atoms with Gasteiger partial charge in [-0.3, -0.25) is 19.5 Å². The SMILES string of the molecule is O=C(CCn1c(=S)oc2ccccc21)Nc1cc([N+](=O)[O-])ccc1F. The number of hydrogen-bond donors (Lipinski definition) is 1. The quantitative estimate of drug-likeness (QED) is 0.421. The number of nitro groups is 1. The van der Waals surface area contributed by atoms with Crippen molar-refractivity contribution in [1.82, 2.24) is 4.57 Å². The van der Waals surface area contributed by atoms with Gasteiger partial charge in [0.05, 0.1) is 16.1 Å². The Morgan fingerprint density at radius 3 is 2.84 bits per heavy atom. The molecule has 0 aliphatic carbocycles. The number of oxazole rings is 1. The maximum absolute atomic E-state index is 13.7. The first-order valence-corrected chi connectivity index (χ1v) is 7.68. The highest BCUT2D eigenvalue weighted by Crippen LogP contribution is 2.22. The summed E-state index contributed by atoms with van der Waals surface area (Å²) < 4.78 is 20.8. The predicted molar refractivity (Wildman–Crippen MR) is 91.3 cm³/mol. The number of non-ortho nitro benzene ring substituents is 1. The minimum absolute atomic E-state index is 0.0000335. The first-order chi connectivity index (χ1) is 12.0. The smallest absolute Gasteiger partial charge is 0.271 e. The van der Waals surface area contributed by atoms with E-state index in [0.717, 1.165) is 23.7 Å². The number of rotatable bonds is 5. The zero-order chi connectivity index (χ0) is 18.0. The number of halogens is 1. The predicted octanol–water partition coefficient (Wildman–Crippen LogP) is 4.04. The molecule has 1 N–H and O–H groups in total. The zero-order valence-electron chi connectivity index (χ0n) is 12.8. The number of para-hydroxylation sites is 2. The summed E-state index contributed by atoms with van der Waals surface area (Å²) in [6.45, 7) is 0.234. The number of hydrogen-bond acceptors (Lipinski definition) is 5. The van der Waals surface area contributed by atoms with Crippen molar-refractivity contribution in [3.8, 4) is 0 Å². The van der Waals surface area contributed by atoms with Gasteiger partial charge in [-0.2, -0.15) is 0 Å². The van der Waals surface area contributed by atoms with Crippen LogP contribution in [-0.4, -0.2) is 15.4 Å². The van der Waals surface area contributed by atoms with Gasteiger partial charge in [0.15, 0.2) is 5.58 Å². The van der Waals surface area contributed by atoms with Crippen LogP contribution in [0.25, 0.3) is 11.1 Å². The monoisotopic (exact) mass is 361 g/mol. The average Bonchev–Trinajstić information content (AvgIpc) is 2.90. The van der Waals surface area contributed by atoms with E-state index >= 15 is 0 Å². The molecular formula is C16H12FN3O4S. The van der Waals surface area contributed by atoms with Gasteiger partial charge in [-0.05, 0) is 30.4 Å². The molecule has 128 valence electrons. The average molecular weight is 361 g/mol. The molecule has 1 amide bonds. The fourth-order valence-electron chi connectivity index (χ4n) is 2.37. The van der Waals surface area contributed by atoms with Gasteiger partial charge >= 0.3 is 0 Å². The van der Waals surface area contributed by atoms with E-state index in [2.05, 4.69) is 5.32 Å². The molecule has 0 aliphatic heterocycles. The van der Waals surface area contributed by atoms with Crippen LogP contribution in [0, 0.1) is 20.8 Å². The van der Waals surface area contributed by atoms with Crippen molar-refractivity contribution in [1.29, 1.82) is 0 Å². The second-order valence-electron chi connectivity index (χ2n) is 5.21. The van der Waals surface area contributed by atoms with Gasteiger partial charge in [-0.15, -0.1) is 0 Å². The molecule has 0 unspecified atom stereocenters. The highest BCUT2D eigenvalue weighted by Gasteiger charge is 2.14. The molecule has 2 aromatic carbocycles. The van der Waals surface area contributed by atoms with Crippen molar-refractivity contribution in [2.45, 2.75) is 13.0 Å². The van der Waals surface area contributed by atoms with Crippen molar-refractivity contribution in [2.75, 3.05) is 5.32 Å². The first kappa shape index (κ1) is 16.8. The number of benzene rings is 2. The molecule has 0 radical (unpaired) electrons. The van der Waals surface area contributed by atoms with E-state index in [9.17, 15) is 19.3 Å². The van der Waals surface area contributed by atoms with Crippen LogP contribution >= 0.6 is 12.2 Å². The summed E-state index contributed by atoms with van der Waals surface area (Å²) in [6, 6.07) is 10.2. The molecular weight excluding hydrogens is 349 g/mol. The summed E-state index contributed by atoms with van der Waals surface area (Å²) in [7, 11) is 0. The number of nitro benzene ring substituents is 1. The topological polar surface area (TPSA) is 90.3 Å². The van der Waals surface area contributed by atoms with E-state index in [1.54, 1.807) is 10.6 Å². The molecule has 0 bridgehead atoms. The van der Waals surface area contributed by atoms with Gasteiger partial charge in [0.2, 0.25) is 5.91 Å². The van der Waals surface area contributed by atoms with E-state index in [4.69, 9.17) is 16.6 Å². The second-order valence-corrected chi connectivity index (χ2v) is 5.56. The van der Waals surface area contributed by atoms with Crippen molar-refractivity contribution < 1.29 is 18.5 Å². The molecule has 3 rings (SSSR count). The lowest BCUT2D eigenvalue weighted by Gasteiger charge is -2.07. The van der Waals surface area contributed by atoms with E-state index in [1.165, 1.54) is 0 Å². The number of aromatic nitrogens is 1. The maximum atomic E-state index is 13.7. The Kier molecular flexibility index (Phi) is 4.57. The summed E-state index contributed by atoms with van der Waals surface area (Å²) in [5, 5.41) is 13.1. The summed E-state index contributed by atoms with van der Waals surface area (Å²) in [6.07, 6.45) is -0.0000335. The molecule has 25 heavy (non-hydrogen) atoms. The van der Waals surface area contributed by atoms with Crippen molar-refractivity contribution in [3.05, 3.63) is 63.2 Å². The van der Waals surface area contributed by atoms with Crippen molar-refractivity contribution in [3.63, 3.8) is 0 Å². The highest BCUT2D eigenvalue weighted by molar-refractivity contribution is 7.71. The molecule has 9 heteroatoms. The molecule has 0 fully saturated rings. The number of nitrogens with one attached hydrogen (secondary N) is 1. The van der Waals surface area contributed by atoms with Crippen LogP contribution in [0.1, 0.15) is 6.42 Å². The summed E-state index contributed by atoms with van der Waals surface area (Å²) in [4.78, 5) is 22.4. The second kappa shape index (κ2) is 6.81. The molecule has 0 spiro atoms. The molecule has 1 heterocycles. The fourth-order valence-corrected chi connectivity index (χ4v) is 2.65. The van der Waals surface area contributed by atoms with Gasteiger partial charge in [0.25, 0.3) is 10.5 Å². The molecule has 3 aromatic rings. The van der Waals surface area contributed by atoms with Crippen LogP contribution in [0.3, 0.4) is 0 Å². The lowest BCUT2D eigenvalue weighted by molar-refractivity contribution is -0.384. The molecule has 0 atom stereocenters. The van der Waals surface area contributed by atoms with Gasteiger partial charge in [0, 0.05) is 25.1 Å². The Balaban J connectivity index is 1.73.